The number of hydrogen-bond donors (Lipinski definition) is 0. The molecule has 3 heterocycles. The van der Waals surface area contributed by atoms with E-state index in [1.165, 1.54) is 0 Å². The molecule has 0 spiro atoms. The van der Waals surface area contributed by atoms with E-state index in [-0.39, 0.29) is 0 Å². The Hall–Kier alpha value is -2.95. The smallest absolute Gasteiger partial charge is 0.180 e. The fraction of sp³-hybridized carbons (Fsp3) is 0.348. The largest absolute Gasteiger partial charge is 0.493 e. The van der Waals surface area contributed by atoms with E-state index < -0.39 is 0 Å². The fourth-order valence-corrected chi connectivity index (χ4v) is 3.57. The third-order valence-electron chi connectivity index (χ3n) is 5.40. The molecule has 1 aromatic carbocycles. The fourth-order valence-electron chi connectivity index (χ4n) is 3.57. The van der Waals surface area contributed by atoms with Crippen LogP contribution in [0.5, 0.6) is 5.75 Å². The van der Waals surface area contributed by atoms with Gasteiger partial charge < -0.3 is 9.64 Å². The third-order valence-corrected chi connectivity index (χ3v) is 5.40. The highest BCUT2D eigenvalue weighted by atomic mass is 16.5. The third kappa shape index (κ3) is 4.14. The SMILES string of the molecule is Cc1nc(-c2ccccn2)nc(N2CCC(COc3ccccc3)CC2)c1C. The monoisotopic (exact) mass is 374 g/mol. The van der Waals surface area contributed by atoms with Gasteiger partial charge in [-0.05, 0) is 56.9 Å². The molecule has 0 aliphatic carbocycles. The molecule has 1 saturated heterocycles. The minimum atomic E-state index is 0.579. The molecule has 28 heavy (non-hydrogen) atoms. The van der Waals surface area contributed by atoms with Gasteiger partial charge in [0.2, 0.25) is 0 Å². The molecule has 0 radical (unpaired) electrons. The molecular weight excluding hydrogens is 348 g/mol. The Kier molecular flexibility index (Phi) is 5.51. The first-order valence-corrected chi connectivity index (χ1v) is 9.90. The van der Waals surface area contributed by atoms with Gasteiger partial charge in [-0.2, -0.15) is 0 Å². The van der Waals surface area contributed by atoms with E-state index in [1.54, 1.807) is 6.20 Å². The highest BCUT2D eigenvalue weighted by Gasteiger charge is 2.23. The molecule has 4 rings (SSSR count). The van der Waals surface area contributed by atoms with Crippen LogP contribution in [0, 0.1) is 19.8 Å². The second kappa shape index (κ2) is 8.38. The van der Waals surface area contributed by atoms with Crippen LogP contribution in [-0.4, -0.2) is 34.6 Å². The van der Waals surface area contributed by atoms with Gasteiger partial charge in [0.05, 0.1) is 6.61 Å². The number of aryl methyl sites for hydroxylation is 1. The normalized spacial score (nSPS) is 14.9. The van der Waals surface area contributed by atoms with Gasteiger partial charge in [-0.25, -0.2) is 9.97 Å². The van der Waals surface area contributed by atoms with Crippen molar-refractivity contribution in [1.29, 1.82) is 0 Å². The van der Waals surface area contributed by atoms with Crippen LogP contribution in [-0.2, 0) is 0 Å². The van der Waals surface area contributed by atoms with E-state index in [0.29, 0.717) is 11.7 Å². The number of anilines is 1. The van der Waals surface area contributed by atoms with Gasteiger partial charge in [-0.1, -0.05) is 24.3 Å². The van der Waals surface area contributed by atoms with Crippen molar-refractivity contribution in [3.05, 3.63) is 66.0 Å². The Morgan fingerprint density at radius 3 is 2.43 bits per heavy atom. The summed E-state index contributed by atoms with van der Waals surface area (Å²) in [6.07, 6.45) is 3.99. The summed E-state index contributed by atoms with van der Waals surface area (Å²) < 4.78 is 5.95. The van der Waals surface area contributed by atoms with Crippen LogP contribution in [0.3, 0.4) is 0 Å². The van der Waals surface area contributed by atoms with E-state index in [0.717, 1.165) is 61.1 Å². The summed E-state index contributed by atoms with van der Waals surface area (Å²) in [6, 6.07) is 15.9. The molecule has 144 valence electrons. The number of hydrogen-bond acceptors (Lipinski definition) is 5. The molecule has 0 saturated carbocycles. The average molecular weight is 374 g/mol. The minimum Gasteiger partial charge on any atom is -0.493 e. The van der Waals surface area contributed by atoms with Crippen molar-refractivity contribution < 1.29 is 4.74 Å². The van der Waals surface area contributed by atoms with Crippen molar-refractivity contribution in [2.24, 2.45) is 5.92 Å². The first kappa shape index (κ1) is 18.4. The van der Waals surface area contributed by atoms with Gasteiger partial charge in [0.1, 0.15) is 17.3 Å². The first-order chi connectivity index (χ1) is 13.7. The van der Waals surface area contributed by atoms with Crippen LogP contribution in [0.1, 0.15) is 24.1 Å². The molecule has 0 N–H and O–H groups in total. The Balaban J connectivity index is 1.43. The molecule has 1 fully saturated rings. The predicted molar refractivity (Wildman–Crippen MR) is 112 cm³/mol. The number of benzene rings is 1. The number of para-hydroxylation sites is 1. The standard InChI is InChI=1S/C23H26N4O/c1-17-18(2)25-22(21-10-6-7-13-24-21)26-23(17)27-14-11-19(12-15-27)16-28-20-8-4-3-5-9-20/h3-10,13,19H,11-12,14-16H2,1-2H3. The maximum absolute atomic E-state index is 5.95. The molecule has 1 aliphatic heterocycles. The summed E-state index contributed by atoms with van der Waals surface area (Å²) in [4.78, 5) is 16.3. The van der Waals surface area contributed by atoms with Crippen molar-refractivity contribution in [2.75, 3.05) is 24.6 Å². The Labute approximate surface area is 166 Å². The Morgan fingerprint density at radius 2 is 1.71 bits per heavy atom. The lowest BCUT2D eigenvalue weighted by Crippen LogP contribution is -2.36. The van der Waals surface area contributed by atoms with Crippen molar-refractivity contribution in [1.82, 2.24) is 15.0 Å². The summed E-state index contributed by atoms with van der Waals surface area (Å²) in [6.45, 7) is 6.91. The number of aromatic nitrogens is 3. The quantitative estimate of drug-likeness (QED) is 0.660. The zero-order valence-electron chi connectivity index (χ0n) is 16.5. The topological polar surface area (TPSA) is 51.1 Å². The number of rotatable bonds is 5. The predicted octanol–water partition coefficient (Wildman–Crippen LogP) is 4.45. The molecule has 5 nitrogen and oxygen atoms in total. The second-order valence-electron chi connectivity index (χ2n) is 7.35. The summed E-state index contributed by atoms with van der Waals surface area (Å²) in [5.74, 6) is 3.27. The summed E-state index contributed by atoms with van der Waals surface area (Å²) in [5.41, 5.74) is 2.98. The van der Waals surface area contributed by atoms with Crippen LogP contribution in [0.15, 0.2) is 54.7 Å². The van der Waals surface area contributed by atoms with Gasteiger partial charge in [-0.15, -0.1) is 0 Å². The number of piperidine rings is 1. The summed E-state index contributed by atoms with van der Waals surface area (Å²) in [7, 11) is 0. The van der Waals surface area contributed by atoms with Crippen LogP contribution in [0.25, 0.3) is 11.5 Å². The van der Waals surface area contributed by atoms with Gasteiger partial charge in [0, 0.05) is 30.5 Å². The van der Waals surface area contributed by atoms with E-state index >= 15 is 0 Å². The van der Waals surface area contributed by atoms with Crippen LogP contribution in [0.4, 0.5) is 5.82 Å². The van der Waals surface area contributed by atoms with E-state index in [2.05, 4.69) is 21.8 Å². The number of nitrogens with zero attached hydrogens (tertiary/aromatic N) is 4. The Bertz CT molecular complexity index is 907. The van der Waals surface area contributed by atoms with E-state index in [1.807, 2.05) is 55.5 Å². The zero-order valence-corrected chi connectivity index (χ0v) is 16.5. The van der Waals surface area contributed by atoms with Crippen molar-refractivity contribution >= 4 is 5.82 Å². The molecule has 0 atom stereocenters. The zero-order chi connectivity index (χ0) is 19.3. The lowest BCUT2D eigenvalue weighted by Gasteiger charge is -2.33. The minimum absolute atomic E-state index is 0.579. The lowest BCUT2D eigenvalue weighted by atomic mass is 9.97. The van der Waals surface area contributed by atoms with E-state index in [4.69, 9.17) is 9.72 Å². The molecule has 1 aliphatic rings. The van der Waals surface area contributed by atoms with Crippen molar-refractivity contribution in [3.8, 4) is 17.3 Å². The molecule has 2 aromatic heterocycles. The number of pyridine rings is 1. The summed E-state index contributed by atoms with van der Waals surface area (Å²) >= 11 is 0. The van der Waals surface area contributed by atoms with Gasteiger partial charge in [0.25, 0.3) is 0 Å². The molecule has 0 bridgehead atoms. The average Bonchev–Trinajstić information content (AvgIpc) is 2.76. The molecule has 0 unspecified atom stereocenters. The van der Waals surface area contributed by atoms with Crippen LogP contribution < -0.4 is 9.64 Å². The van der Waals surface area contributed by atoms with Crippen molar-refractivity contribution in [3.63, 3.8) is 0 Å². The highest BCUT2D eigenvalue weighted by Crippen LogP contribution is 2.28. The Morgan fingerprint density at radius 1 is 0.964 bits per heavy atom. The van der Waals surface area contributed by atoms with Crippen LogP contribution >= 0.6 is 0 Å². The maximum atomic E-state index is 5.95. The second-order valence-corrected chi connectivity index (χ2v) is 7.35. The maximum Gasteiger partial charge on any atom is 0.180 e. The van der Waals surface area contributed by atoms with Crippen LogP contribution in [0.2, 0.25) is 0 Å². The lowest BCUT2D eigenvalue weighted by molar-refractivity contribution is 0.222. The summed E-state index contributed by atoms with van der Waals surface area (Å²) in [5, 5.41) is 0. The molecule has 0 amide bonds. The highest BCUT2D eigenvalue weighted by molar-refractivity contribution is 5.57. The van der Waals surface area contributed by atoms with Gasteiger partial charge in [0.15, 0.2) is 5.82 Å². The molecule has 5 heteroatoms. The first-order valence-electron chi connectivity index (χ1n) is 9.90. The molecule has 3 aromatic rings. The van der Waals surface area contributed by atoms with Gasteiger partial charge >= 0.3 is 0 Å². The number of ether oxygens (including phenoxy) is 1. The van der Waals surface area contributed by atoms with Gasteiger partial charge in [-0.3, -0.25) is 4.98 Å². The molecular formula is C23H26N4O. The van der Waals surface area contributed by atoms with Crippen molar-refractivity contribution in [2.45, 2.75) is 26.7 Å². The van der Waals surface area contributed by atoms with E-state index in [9.17, 15) is 0 Å².